The van der Waals surface area contributed by atoms with Crippen molar-refractivity contribution in [2.24, 2.45) is 5.92 Å². The Balaban J connectivity index is 1.46. The molecule has 1 fully saturated rings. The summed E-state index contributed by atoms with van der Waals surface area (Å²) in [5.74, 6) is 0.909. The second-order valence-corrected chi connectivity index (χ2v) is 6.44. The average molecular weight is 334 g/mol. The second-order valence-electron chi connectivity index (χ2n) is 5.50. The first kappa shape index (κ1) is 15.7. The number of aryl methyl sites for hydroxylation is 1. The van der Waals surface area contributed by atoms with Gasteiger partial charge in [0.15, 0.2) is 5.82 Å². The van der Waals surface area contributed by atoms with E-state index in [1.165, 1.54) is 11.3 Å². The summed E-state index contributed by atoms with van der Waals surface area (Å²) in [7, 11) is 0. The molecule has 0 unspecified atom stereocenters. The number of rotatable bonds is 4. The summed E-state index contributed by atoms with van der Waals surface area (Å²) in [5.41, 5.74) is 0. The smallest absolute Gasteiger partial charge is 0.263 e. The topological polar surface area (TPSA) is 88.3 Å². The Hall–Kier alpha value is -2.22. The Labute approximate surface area is 137 Å². The summed E-state index contributed by atoms with van der Waals surface area (Å²) in [6.07, 6.45) is 1.34. The number of aromatic nitrogens is 2. The number of nitrogens with zero attached hydrogens (tertiary/aromatic N) is 3. The Morgan fingerprint density at radius 1 is 1.43 bits per heavy atom. The van der Waals surface area contributed by atoms with Crippen molar-refractivity contribution in [1.82, 2.24) is 20.4 Å². The molecule has 3 heterocycles. The molecular formula is C15H18N4O3S. The van der Waals surface area contributed by atoms with Crippen molar-refractivity contribution in [2.45, 2.75) is 26.3 Å². The van der Waals surface area contributed by atoms with Gasteiger partial charge in [-0.05, 0) is 31.2 Å². The molecule has 0 spiro atoms. The van der Waals surface area contributed by atoms with Crippen LogP contribution in [0.15, 0.2) is 22.0 Å². The predicted molar refractivity (Wildman–Crippen MR) is 83.8 cm³/mol. The molecule has 1 aliphatic rings. The van der Waals surface area contributed by atoms with Gasteiger partial charge >= 0.3 is 0 Å². The predicted octanol–water partition coefficient (Wildman–Crippen LogP) is 1.61. The molecule has 3 rings (SSSR count). The van der Waals surface area contributed by atoms with E-state index in [0.29, 0.717) is 37.6 Å². The van der Waals surface area contributed by atoms with Crippen LogP contribution in [0.4, 0.5) is 0 Å². The molecule has 0 saturated carbocycles. The Morgan fingerprint density at radius 3 is 2.83 bits per heavy atom. The number of carbonyl (C=O) groups is 2. The molecule has 0 atom stereocenters. The highest BCUT2D eigenvalue weighted by molar-refractivity contribution is 7.12. The van der Waals surface area contributed by atoms with Gasteiger partial charge in [-0.25, -0.2) is 0 Å². The van der Waals surface area contributed by atoms with Crippen molar-refractivity contribution < 1.29 is 14.1 Å². The monoisotopic (exact) mass is 334 g/mol. The lowest BCUT2D eigenvalue weighted by molar-refractivity contribution is -0.126. The first-order valence-corrected chi connectivity index (χ1v) is 8.41. The van der Waals surface area contributed by atoms with E-state index in [2.05, 4.69) is 15.5 Å². The summed E-state index contributed by atoms with van der Waals surface area (Å²) in [5, 5.41) is 8.39. The SMILES string of the molecule is Cc1noc(CNC(=O)C2CCN(C(=O)c3cccs3)CC2)n1. The maximum absolute atomic E-state index is 12.3. The van der Waals surface area contributed by atoms with Crippen molar-refractivity contribution in [2.75, 3.05) is 13.1 Å². The normalized spacial score (nSPS) is 15.6. The van der Waals surface area contributed by atoms with Crippen LogP contribution < -0.4 is 5.32 Å². The highest BCUT2D eigenvalue weighted by atomic mass is 32.1. The summed E-state index contributed by atoms with van der Waals surface area (Å²) >= 11 is 1.45. The fourth-order valence-electron chi connectivity index (χ4n) is 2.62. The van der Waals surface area contributed by atoms with Gasteiger partial charge in [0.2, 0.25) is 11.8 Å². The Kier molecular flexibility index (Phi) is 4.71. The molecule has 0 radical (unpaired) electrons. The Bertz CT molecular complexity index is 675. The molecule has 122 valence electrons. The van der Waals surface area contributed by atoms with E-state index in [1.54, 1.807) is 6.92 Å². The molecule has 0 aromatic carbocycles. The number of carbonyl (C=O) groups excluding carboxylic acids is 2. The lowest BCUT2D eigenvalue weighted by atomic mass is 9.96. The molecule has 7 nitrogen and oxygen atoms in total. The van der Waals surface area contributed by atoms with Gasteiger partial charge in [-0.2, -0.15) is 4.98 Å². The van der Waals surface area contributed by atoms with E-state index in [0.717, 1.165) is 4.88 Å². The van der Waals surface area contributed by atoms with Gasteiger partial charge in [0.1, 0.15) is 0 Å². The van der Waals surface area contributed by atoms with Crippen LogP contribution in [0.3, 0.4) is 0 Å². The van der Waals surface area contributed by atoms with Gasteiger partial charge < -0.3 is 14.7 Å². The van der Waals surface area contributed by atoms with Crippen LogP contribution in [0.2, 0.25) is 0 Å². The standard InChI is InChI=1S/C15H18N4O3S/c1-10-17-13(22-18-10)9-16-14(20)11-4-6-19(7-5-11)15(21)12-3-2-8-23-12/h2-3,8,11H,4-7,9H2,1H3,(H,16,20). The van der Waals surface area contributed by atoms with Crippen molar-refractivity contribution in [3.63, 3.8) is 0 Å². The third-order valence-corrected chi connectivity index (χ3v) is 4.73. The van der Waals surface area contributed by atoms with Crippen LogP contribution >= 0.6 is 11.3 Å². The average Bonchev–Trinajstić information content (AvgIpc) is 3.24. The zero-order chi connectivity index (χ0) is 16.2. The van der Waals surface area contributed by atoms with Gasteiger partial charge in [-0.15, -0.1) is 11.3 Å². The van der Waals surface area contributed by atoms with E-state index in [4.69, 9.17) is 4.52 Å². The minimum Gasteiger partial charge on any atom is -0.347 e. The quantitative estimate of drug-likeness (QED) is 0.917. The van der Waals surface area contributed by atoms with Crippen molar-refractivity contribution in [3.05, 3.63) is 34.1 Å². The second kappa shape index (κ2) is 6.91. The number of hydrogen-bond donors (Lipinski definition) is 1. The molecule has 1 saturated heterocycles. The third-order valence-electron chi connectivity index (χ3n) is 3.87. The van der Waals surface area contributed by atoms with Gasteiger partial charge in [-0.3, -0.25) is 9.59 Å². The Morgan fingerprint density at radius 2 is 2.22 bits per heavy atom. The molecular weight excluding hydrogens is 316 g/mol. The van der Waals surface area contributed by atoms with Gasteiger partial charge in [0.05, 0.1) is 11.4 Å². The molecule has 2 amide bonds. The van der Waals surface area contributed by atoms with Crippen molar-refractivity contribution >= 4 is 23.2 Å². The van der Waals surface area contributed by atoms with Crippen LogP contribution in [0.25, 0.3) is 0 Å². The highest BCUT2D eigenvalue weighted by Gasteiger charge is 2.28. The summed E-state index contributed by atoms with van der Waals surface area (Å²) < 4.78 is 4.96. The number of nitrogens with one attached hydrogen (secondary N) is 1. The van der Waals surface area contributed by atoms with E-state index < -0.39 is 0 Å². The number of thiophene rings is 1. The lowest BCUT2D eigenvalue weighted by Crippen LogP contribution is -2.42. The van der Waals surface area contributed by atoms with Gasteiger partial charge in [0.25, 0.3) is 5.91 Å². The van der Waals surface area contributed by atoms with E-state index in [-0.39, 0.29) is 24.3 Å². The molecule has 2 aromatic rings. The number of amides is 2. The molecule has 0 bridgehead atoms. The minimum absolute atomic E-state index is 0.0240. The van der Waals surface area contributed by atoms with Crippen LogP contribution in [-0.2, 0) is 11.3 Å². The number of hydrogen-bond acceptors (Lipinski definition) is 6. The fourth-order valence-corrected chi connectivity index (χ4v) is 3.31. The molecule has 1 N–H and O–H groups in total. The molecule has 2 aromatic heterocycles. The zero-order valence-electron chi connectivity index (χ0n) is 12.8. The van der Waals surface area contributed by atoms with Gasteiger partial charge in [-0.1, -0.05) is 11.2 Å². The fraction of sp³-hybridized carbons (Fsp3) is 0.467. The van der Waals surface area contributed by atoms with Crippen LogP contribution in [0.5, 0.6) is 0 Å². The lowest BCUT2D eigenvalue weighted by Gasteiger charge is -2.31. The van der Waals surface area contributed by atoms with E-state index >= 15 is 0 Å². The maximum atomic E-state index is 12.3. The zero-order valence-corrected chi connectivity index (χ0v) is 13.6. The van der Waals surface area contributed by atoms with Crippen molar-refractivity contribution in [3.8, 4) is 0 Å². The highest BCUT2D eigenvalue weighted by Crippen LogP contribution is 2.21. The summed E-state index contributed by atoms with van der Waals surface area (Å²) in [4.78, 5) is 31.1. The first-order chi connectivity index (χ1) is 11.1. The molecule has 8 heteroatoms. The van der Waals surface area contributed by atoms with Crippen LogP contribution in [0, 0.1) is 12.8 Å². The largest absolute Gasteiger partial charge is 0.347 e. The molecule has 23 heavy (non-hydrogen) atoms. The van der Waals surface area contributed by atoms with E-state index in [1.807, 2.05) is 22.4 Å². The first-order valence-electron chi connectivity index (χ1n) is 7.53. The number of likely N-dealkylation sites (tertiary alicyclic amines) is 1. The van der Waals surface area contributed by atoms with Gasteiger partial charge in [0, 0.05) is 19.0 Å². The third kappa shape index (κ3) is 3.76. The van der Waals surface area contributed by atoms with E-state index in [9.17, 15) is 9.59 Å². The summed E-state index contributed by atoms with van der Waals surface area (Å²) in [6.45, 7) is 3.19. The number of piperidine rings is 1. The maximum Gasteiger partial charge on any atom is 0.263 e. The van der Waals surface area contributed by atoms with Crippen molar-refractivity contribution in [1.29, 1.82) is 0 Å². The van der Waals surface area contributed by atoms with Crippen LogP contribution in [-0.4, -0.2) is 39.9 Å². The molecule has 1 aliphatic heterocycles. The minimum atomic E-state index is -0.0774. The summed E-state index contributed by atoms with van der Waals surface area (Å²) in [6, 6.07) is 3.70. The molecule has 0 aliphatic carbocycles. The van der Waals surface area contributed by atoms with Crippen LogP contribution in [0.1, 0.15) is 34.2 Å².